The zero-order chi connectivity index (χ0) is 15.4. The maximum Gasteiger partial charge on any atom is 0.266 e. The van der Waals surface area contributed by atoms with Gasteiger partial charge in [0.1, 0.15) is 0 Å². The van der Waals surface area contributed by atoms with Crippen molar-refractivity contribution in [2.24, 2.45) is 5.92 Å². The van der Waals surface area contributed by atoms with Crippen LogP contribution in [0.4, 0.5) is 8.78 Å². The van der Waals surface area contributed by atoms with E-state index >= 15 is 0 Å². The Morgan fingerprint density at radius 2 is 1.50 bits per heavy atom. The molecule has 0 N–H and O–H groups in total. The van der Waals surface area contributed by atoms with Crippen LogP contribution in [0.2, 0.25) is 0 Å². The van der Waals surface area contributed by atoms with Crippen LogP contribution in [-0.2, 0) is 9.47 Å². The lowest BCUT2D eigenvalue weighted by Gasteiger charge is -2.27. The largest absolute Gasteiger partial charge is 0.348 e. The van der Waals surface area contributed by atoms with Crippen molar-refractivity contribution < 1.29 is 18.3 Å². The van der Waals surface area contributed by atoms with Crippen molar-refractivity contribution in [2.45, 2.75) is 44.3 Å². The summed E-state index contributed by atoms with van der Waals surface area (Å²) in [5, 5.41) is 0. The van der Waals surface area contributed by atoms with Crippen molar-refractivity contribution in [3.8, 4) is 0 Å². The van der Waals surface area contributed by atoms with Crippen LogP contribution in [0, 0.1) is 5.92 Å². The van der Waals surface area contributed by atoms with E-state index in [9.17, 15) is 8.78 Å². The van der Waals surface area contributed by atoms with Crippen LogP contribution in [0.1, 0.15) is 55.4 Å². The number of allylic oxidation sites excluding steroid dienone is 1. The summed E-state index contributed by atoms with van der Waals surface area (Å²) in [5.74, 6) is 0.527. The molecule has 0 aromatic heterocycles. The summed E-state index contributed by atoms with van der Waals surface area (Å²) in [7, 11) is 0. The van der Waals surface area contributed by atoms with Gasteiger partial charge in [-0.1, -0.05) is 24.3 Å². The molecule has 1 saturated carbocycles. The molecule has 0 spiro atoms. The van der Waals surface area contributed by atoms with Crippen molar-refractivity contribution in [2.75, 3.05) is 13.2 Å². The minimum Gasteiger partial charge on any atom is -0.348 e. The summed E-state index contributed by atoms with van der Waals surface area (Å²) in [6.07, 6.45) is 3.94. The Bertz CT molecular complexity index is 494. The molecule has 4 heteroatoms. The molecule has 0 atom stereocenters. The number of rotatable bonds is 3. The quantitative estimate of drug-likeness (QED) is 0.766. The Morgan fingerprint density at radius 3 is 2.09 bits per heavy atom. The minimum atomic E-state index is -1.54. The Kier molecular flexibility index (Phi) is 5.21. The van der Waals surface area contributed by atoms with Crippen LogP contribution >= 0.6 is 0 Å². The third-order valence-corrected chi connectivity index (χ3v) is 4.64. The van der Waals surface area contributed by atoms with Gasteiger partial charge in [0.2, 0.25) is 0 Å². The molecule has 22 heavy (non-hydrogen) atoms. The summed E-state index contributed by atoms with van der Waals surface area (Å²) in [6.45, 7) is 1.49. The molecule has 0 unspecified atom stereocenters. The van der Waals surface area contributed by atoms with E-state index in [1.165, 1.54) is 5.56 Å². The first-order valence-corrected chi connectivity index (χ1v) is 8.08. The average molecular weight is 308 g/mol. The number of halogens is 2. The summed E-state index contributed by atoms with van der Waals surface area (Å²) in [4.78, 5) is 0. The molecule has 120 valence electrons. The van der Waals surface area contributed by atoms with Gasteiger partial charge in [-0.3, -0.25) is 0 Å². The van der Waals surface area contributed by atoms with Crippen LogP contribution in [0.5, 0.6) is 0 Å². The highest BCUT2D eigenvalue weighted by Gasteiger charge is 2.22. The van der Waals surface area contributed by atoms with Gasteiger partial charge in [0.05, 0.1) is 13.2 Å². The standard InChI is InChI=1S/C18H22F2O2/c19-17(20)12-13-2-4-14(5-3-13)15-6-8-16(9-7-15)18-21-10-1-11-22-18/h6-9,12-14,18H,1-5,10-11H2. The van der Waals surface area contributed by atoms with Gasteiger partial charge in [-0.25, -0.2) is 0 Å². The van der Waals surface area contributed by atoms with Gasteiger partial charge >= 0.3 is 0 Å². The van der Waals surface area contributed by atoms with Gasteiger partial charge in [-0.05, 0) is 55.6 Å². The molecular formula is C18H22F2O2. The van der Waals surface area contributed by atoms with Crippen LogP contribution in [0.3, 0.4) is 0 Å². The van der Waals surface area contributed by atoms with E-state index in [1.807, 2.05) is 0 Å². The highest BCUT2D eigenvalue weighted by molar-refractivity contribution is 5.26. The SMILES string of the molecule is FC(F)=CC1CCC(c2ccc(C3OCCCO3)cc2)CC1. The van der Waals surface area contributed by atoms with Crippen molar-refractivity contribution in [3.05, 3.63) is 47.5 Å². The van der Waals surface area contributed by atoms with Gasteiger partial charge in [0.15, 0.2) is 6.29 Å². The maximum atomic E-state index is 12.3. The van der Waals surface area contributed by atoms with Crippen LogP contribution in [-0.4, -0.2) is 13.2 Å². The fraction of sp³-hybridized carbons (Fsp3) is 0.556. The van der Waals surface area contributed by atoms with E-state index in [-0.39, 0.29) is 12.2 Å². The number of ether oxygens (including phenoxy) is 2. The molecule has 2 nitrogen and oxygen atoms in total. The molecular weight excluding hydrogens is 286 g/mol. The highest BCUT2D eigenvalue weighted by atomic mass is 19.3. The molecule has 1 aliphatic heterocycles. The second kappa shape index (κ2) is 7.34. The van der Waals surface area contributed by atoms with E-state index in [0.717, 1.165) is 57.0 Å². The monoisotopic (exact) mass is 308 g/mol. The molecule has 1 aliphatic carbocycles. The van der Waals surface area contributed by atoms with E-state index in [2.05, 4.69) is 24.3 Å². The number of hydrogen-bond acceptors (Lipinski definition) is 2. The third-order valence-electron chi connectivity index (χ3n) is 4.64. The predicted molar refractivity (Wildman–Crippen MR) is 80.7 cm³/mol. The minimum absolute atomic E-state index is 0.0459. The summed E-state index contributed by atoms with van der Waals surface area (Å²) in [5.41, 5.74) is 2.35. The molecule has 1 aromatic rings. The fourth-order valence-electron chi connectivity index (χ4n) is 3.40. The second-order valence-electron chi connectivity index (χ2n) is 6.16. The molecule has 0 amide bonds. The molecule has 2 fully saturated rings. The molecule has 2 aliphatic rings. The predicted octanol–water partition coefficient (Wildman–Crippen LogP) is 5.18. The second-order valence-corrected chi connectivity index (χ2v) is 6.16. The smallest absolute Gasteiger partial charge is 0.266 e. The first-order chi connectivity index (χ1) is 10.7. The van der Waals surface area contributed by atoms with Crippen molar-refractivity contribution in [1.82, 2.24) is 0 Å². The molecule has 0 radical (unpaired) electrons. The molecule has 1 saturated heterocycles. The average Bonchev–Trinajstić information content (AvgIpc) is 2.56. The fourth-order valence-corrected chi connectivity index (χ4v) is 3.40. The summed E-state index contributed by atoms with van der Waals surface area (Å²) in [6, 6.07) is 8.40. The maximum absolute atomic E-state index is 12.3. The van der Waals surface area contributed by atoms with Gasteiger partial charge in [-0.2, -0.15) is 8.78 Å². The normalized spacial score (nSPS) is 26.6. The first kappa shape index (κ1) is 15.6. The highest BCUT2D eigenvalue weighted by Crippen LogP contribution is 2.37. The molecule has 0 bridgehead atoms. The molecule has 1 aromatic carbocycles. The van der Waals surface area contributed by atoms with Crippen LogP contribution in [0.25, 0.3) is 0 Å². The van der Waals surface area contributed by atoms with Crippen molar-refractivity contribution in [3.63, 3.8) is 0 Å². The van der Waals surface area contributed by atoms with E-state index < -0.39 is 6.08 Å². The van der Waals surface area contributed by atoms with Crippen LogP contribution < -0.4 is 0 Å². The summed E-state index contributed by atoms with van der Waals surface area (Å²) >= 11 is 0. The van der Waals surface area contributed by atoms with Crippen LogP contribution in [0.15, 0.2) is 36.4 Å². The lowest BCUT2D eigenvalue weighted by Crippen LogP contribution is -2.17. The topological polar surface area (TPSA) is 18.5 Å². The van der Waals surface area contributed by atoms with E-state index in [0.29, 0.717) is 5.92 Å². The first-order valence-electron chi connectivity index (χ1n) is 8.08. The van der Waals surface area contributed by atoms with Gasteiger partial charge in [-0.15, -0.1) is 0 Å². The zero-order valence-corrected chi connectivity index (χ0v) is 12.6. The molecule has 3 rings (SSSR count). The Balaban J connectivity index is 1.58. The van der Waals surface area contributed by atoms with Gasteiger partial charge in [0.25, 0.3) is 6.08 Å². The number of benzene rings is 1. The van der Waals surface area contributed by atoms with Gasteiger partial charge < -0.3 is 9.47 Å². The number of hydrogen-bond donors (Lipinski definition) is 0. The zero-order valence-electron chi connectivity index (χ0n) is 12.6. The van der Waals surface area contributed by atoms with E-state index in [1.54, 1.807) is 0 Å². The lowest BCUT2D eigenvalue weighted by atomic mass is 9.78. The summed E-state index contributed by atoms with van der Waals surface area (Å²) < 4.78 is 35.8. The third kappa shape index (κ3) is 3.93. The van der Waals surface area contributed by atoms with Crippen molar-refractivity contribution >= 4 is 0 Å². The van der Waals surface area contributed by atoms with Crippen molar-refractivity contribution in [1.29, 1.82) is 0 Å². The Hall–Kier alpha value is -1.26. The Labute approximate surface area is 130 Å². The lowest BCUT2D eigenvalue weighted by molar-refractivity contribution is -0.183. The van der Waals surface area contributed by atoms with E-state index in [4.69, 9.17) is 9.47 Å². The van der Waals surface area contributed by atoms with Gasteiger partial charge in [0, 0.05) is 5.56 Å². The molecule has 1 heterocycles. The Morgan fingerprint density at radius 1 is 0.909 bits per heavy atom.